The monoisotopic (exact) mass is 281 g/mol. The van der Waals surface area contributed by atoms with Crippen LogP contribution in [0.2, 0.25) is 0 Å². The van der Waals surface area contributed by atoms with E-state index in [4.69, 9.17) is 0 Å². The average molecular weight is 281 g/mol. The van der Waals surface area contributed by atoms with Crippen molar-refractivity contribution < 1.29 is 14.7 Å². The zero-order valence-corrected chi connectivity index (χ0v) is 11.3. The molecule has 0 aliphatic carbocycles. The second-order valence-electron chi connectivity index (χ2n) is 4.46. The van der Waals surface area contributed by atoms with Gasteiger partial charge in [0.2, 0.25) is 5.91 Å². The number of hydrogen-bond donors (Lipinski definition) is 2. The second kappa shape index (κ2) is 5.48. The summed E-state index contributed by atoms with van der Waals surface area (Å²) < 4.78 is 1.63. The molecule has 1 aliphatic rings. The fourth-order valence-corrected chi connectivity index (χ4v) is 3.19. The standard InChI is InChI=1S/C12H15N3O3S/c1-15-7-9(6-13-15)2-3-10(16)14-12(11(17)18)4-5-19-8-12/h2-3,6-7H,4-5,8H2,1H3,(H,14,16)(H,17,18). The molecule has 7 heteroatoms. The van der Waals surface area contributed by atoms with E-state index in [1.165, 1.54) is 17.8 Å². The van der Waals surface area contributed by atoms with Crippen LogP contribution >= 0.6 is 11.8 Å². The van der Waals surface area contributed by atoms with Crippen molar-refractivity contribution in [1.29, 1.82) is 0 Å². The molecule has 0 spiro atoms. The van der Waals surface area contributed by atoms with Gasteiger partial charge in [-0.1, -0.05) is 0 Å². The molecule has 6 nitrogen and oxygen atoms in total. The molecule has 1 fully saturated rings. The molecular formula is C12H15N3O3S. The molecule has 1 amide bonds. The molecule has 1 aromatic rings. The molecule has 0 bridgehead atoms. The average Bonchev–Trinajstić information content (AvgIpc) is 2.97. The van der Waals surface area contributed by atoms with Crippen LogP contribution in [0.4, 0.5) is 0 Å². The van der Waals surface area contributed by atoms with Crippen LogP contribution in [0, 0.1) is 0 Å². The van der Waals surface area contributed by atoms with Gasteiger partial charge in [0.15, 0.2) is 0 Å². The van der Waals surface area contributed by atoms with Crippen LogP contribution in [0.15, 0.2) is 18.5 Å². The zero-order chi connectivity index (χ0) is 13.9. The molecule has 1 saturated heterocycles. The lowest BCUT2D eigenvalue weighted by atomic mass is 9.99. The van der Waals surface area contributed by atoms with E-state index in [-0.39, 0.29) is 0 Å². The summed E-state index contributed by atoms with van der Waals surface area (Å²) in [7, 11) is 1.78. The lowest BCUT2D eigenvalue weighted by Gasteiger charge is -2.23. The third-order valence-corrected chi connectivity index (χ3v) is 4.14. The van der Waals surface area contributed by atoms with Crippen molar-refractivity contribution in [2.75, 3.05) is 11.5 Å². The number of thioether (sulfide) groups is 1. The van der Waals surface area contributed by atoms with E-state index in [2.05, 4.69) is 10.4 Å². The number of carboxylic acids is 1. The number of carboxylic acid groups (broad SMARTS) is 1. The summed E-state index contributed by atoms with van der Waals surface area (Å²) in [5, 5.41) is 15.8. The van der Waals surface area contributed by atoms with E-state index < -0.39 is 17.4 Å². The Hall–Kier alpha value is -1.76. The van der Waals surface area contributed by atoms with Crippen LogP contribution in [-0.2, 0) is 16.6 Å². The largest absolute Gasteiger partial charge is 0.479 e. The molecule has 1 aromatic heterocycles. The maximum absolute atomic E-state index is 11.8. The number of amides is 1. The van der Waals surface area contributed by atoms with E-state index in [9.17, 15) is 14.7 Å². The van der Waals surface area contributed by atoms with E-state index in [1.807, 2.05) is 0 Å². The minimum absolute atomic E-state index is 0.395. The molecule has 2 rings (SSSR count). The quantitative estimate of drug-likeness (QED) is 0.786. The summed E-state index contributed by atoms with van der Waals surface area (Å²) in [5.74, 6) is -0.206. The number of aryl methyl sites for hydroxylation is 1. The molecule has 0 aromatic carbocycles. The fourth-order valence-electron chi connectivity index (χ4n) is 1.86. The van der Waals surface area contributed by atoms with Gasteiger partial charge in [0.05, 0.1) is 6.20 Å². The Bertz CT molecular complexity index is 518. The highest BCUT2D eigenvalue weighted by Crippen LogP contribution is 2.28. The Morgan fingerprint density at radius 2 is 2.42 bits per heavy atom. The van der Waals surface area contributed by atoms with Crippen molar-refractivity contribution >= 4 is 29.7 Å². The number of nitrogens with one attached hydrogen (secondary N) is 1. The Balaban J connectivity index is 2.00. The first kappa shape index (κ1) is 13.7. The van der Waals surface area contributed by atoms with Crippen molar-refractivity contribution in [3.63, 3.8) is 0 Å². The van der Waals surface area contributed by atoms with E-state index in [1.54, 1.807) is 30.2 Å². The predicted molar refractivity (Wildman–Crippen MR) is 72.7 cm³/mol. The first-order valence-corrected chi connectivity index (χ1v) is 6.97. The highest BCUT2D eigenvalue weighted by atomic mass is 32.2. The van der Waals surface area contributed by atoms with Crippen LogP contribution in [-0.4, -0.2) is 43.8 Å². The van der Waals surface area contributed by atoms with Gasteiger partial charge >= 0.3 is 5.97 Å². The smallest absolute Gasteiger partial charge is 0.330 e. The maximum Gasteiger partial charge on any atom is 0.330 e. The van der Waals surface area contributed by atoms with Gasteiger partial charge in [-0.15, -0.1) is 0 Å². The number of nitrogens with zero attached hydrogens (tertiary/aromatic N) is 2. The van der Waals surface area contributed by atoms with Gasteiger partial charge in [-0.05, 0) is 18.2 Å². The molecule has 0 radical (unpaired) electrons. The number of carbonyl (C=O) groups is 2. The van der Waals surface area contributed by atoms with E-state index in [0.717, 1.165) is 11.3 Å². The van der Waals surface area contributed by atoms with Crippen molar-refractivity contribution in [3.05, 3.63) is 24.0 Å². The van der Waals surface area contributed by atoms with E-state index in [0.29, 0.717) is 12.2 Å². The van der Waals surface area contributed by atoms with Crippen LogP contribution in [0.1, 0.15) is 12.0 Å². The lowest BCUT2D eigenvalue weighted by molar-refractivity contribution is -0.145. The minimum Gasteiger partial charge on any atom is -0.479 e. The summed E-state index contributed by atoms with van der Waals surface area (Å²) in [4.78, 5) is 23.1. The highest BCUT2D eigenvalue weighted by molar-refractivity contribution is 7.99. The molecule has 2 heterocycles. The number of aromatic nitrogens is 2. The predicted octanol–water partition coefficient (Wildman–Crippen LogP) is 0.510. The summed E-state index contributed by atoms with van der Waals surface area (Å²) in [6.45, 7) is 0. The van der Waals surface area contributed by atoms with Crippen molar-refractivity contribution in [2.45, 2.75) is 12.0 Å². The van der Waals surface area contributed by atoms with Gasteiger partial charge in [0, 0.05) is 30.6 Å². The van der Waals surface area contributed by atoms with Crippen LogP contribution in [0.5, 0.6) is 0 Å². The first-order valence-electron chi connectivity index (χ1n) is 5.82. The molecule has 2 N–H and O–H groups in total. The van der Waals surface area contributed by atoms with Crippen LogP contribution < -0.4 is 5.32 Å². The minimum atomic E-state index is -1.12. The molecular weight excluding hydrogens is 266 g/mol. The van der Waals surface area contributed by atoms with Gasteiger partial charge in [-0.25, -0.2) is 4.79 Å². The maximum atomic E-state index is 11.8. The number of hydrogen-bond acceptors (Lipinski definition) is 4. The fraction of sp³-hybridized carbons (Fsp3) is 0.417. The third-order valence-electron chi connectivity index (χ3n) is 2.95. The number of carbonyl (C=O) groups excluding carboxylic acids is 1. The summed E-state index contributed by atoms with van der Waals surface area (Å²) in [6, 6.07) is 0. The third kappa shape index (κ3) is 3.17. The topological polar surface area (TPSA) is 84.2 Å². The van der Waals surface area contributed by atoms with Gasteiger partial charge < -0.3 is 10.4 Å². The van der Waals surface area contributed by atoms with Crippen LogP contribution in [0.3, 0.4) is 0 Å². The van der Waals surface area contributed by atoms with E-state index >= 15 is 0 Å². The zero-order valence-electron chi connectivity index (χ0n) is 10.5. The molecule has 1 atom stereocenters. The first-order chi connectivity index (χ1) is 9.02. The molecule has 102 valence electrons. The van der Waals surface area contributed by atoms with Crippen molar-refractivity contribution in [3.8, 4) is 0 Å². The van der Waals surface area contributed by atoms with Crippen LogP contribution in [0.25, 0.3) is 6.08 Å². The van der Waals surface area contributed by atoms with Gasteiger partial charge in [0.25, 0.3) is 0 Å². The molecule has 19 heavy (non-hydrogen) atoms. The Kier molecular flexibility index (Phi) is 3.94. The normalized spacial score (nSPS) is 22.8. The SMILES string of the molecule is Cn1cc(C=CC(=O)NC2(C(=O)O)CCSC2)cn1. The Labute approximate surface area is 114 Å². The second-order valence-corrected chi connectivity index (χ2v) is 5.56. The summed E-state index contributed by atoms with van der Waals surface area (Å²) >= 11 is 1.54. The molecule has 0 saturated carbocycles. The summed E-state index contributed by atoms with van der Waals surface area (Å²) in [5.41, 5.74) is -0.330. The van der Waals surface area contributed by atoms with Crippen molar-refractivity contribution in [1.82, 2.24) is 15.1 Å². The molecule has 1 aliphatic heterocycles. The Morgan fingerprint density at radius 3 is 2.95 bits per heavy atom. The number of rotatable bonds is 4. The number of aliphatic carboxylic acids is 1. The van der Waals surface area contributed by atoms with Gasteiger partial charge in [-0.2, -0.15) is 16.9 Å². The molecule has 1 unspecified atom stereocenters. The lowest BCUT2D eigenvalue weighted by Crippen LogP contribution is -2.54. The summed E-state index contributed by atoms with van der Waals surface area (Å²) in [6.07, 6.45) is 6.80. The van der Waals surface area contributed by atoms with Crippen molar-refractivity contribution in [2.24, 2.45) is 7.05 Å². The van der Waals surface area contributed by atoms with Gasteiger partial charge in [-0.3, -0.25) is 9.48 Å². The Morgan fingerprint density at radius 1 is 1.63 bits per heavy atom. The highest BCUT2D eigenvalue weighted by Gasteiger charge is 2.42. The van der Waals surface area contributed by atoms with Gasteiger partial charge in [0.1, 0.15) is 5.54 Å².